The van der Waals surface area contributed by atoms with Crippen LogP contribution >= 0.6 is 0 Å². The molecule has 4 aromatic carbocycles. The van der Waals surface area contributed by atoms with Crippen molar-refractivity contribution in [3.63, 3.8) is 0 Å². The molecule has 66 heavy (non-hydrogen) atoms. The maximum absolute atomic E-state index is 15.6. The van der Waals surface area contributed by atoms with Gasteiger partial charge in [0, 0.05) is 28.6 Å². The number of pyridine rings is 1. The number of nitrogens with one attached hydrogen (secondary N) is 2. The minimum absolute atomic E-state index is 0.0362. The number of aryl methyl sites for hydroxylation is 1. The van der Waals surface area contributed by atoms with Gasteiger partial charge in [0.2, 0.25) is 5.91 Å². The van der Waals surface area contributed by atoms with Gasteiger partial charge in [0.05, 0.1) is 16.3 Å². The molecule has 1 fully saturated rings. The predicted molar refractivity (Wildman–Crippen MR) is 250 cm³/mol. The zero-order valence-corrected chi connectivity index (χ0v) is 39.3. The number of nitrogens with zero attached hydrogens (tertiary/aromatic N) is 2. The standard InChI is InChI=1S/C50H57FN4O10S/c1-9-13-32-25-34(18-23-42(32)66(61,62)36-19-20-36)53-43(56)24-30(2)38-26-33(16-22-41(38)63-29-31-14-11-10-12-15-31)44(46(57)58)54-35-17-21-37-39(27-35)40(51)28-52-45(37)55(47(59)64-49(3,4)5)48(60)65-50(6,7)8/h10-12,14-18,21-23,25-28,30,36,44,54H,9,13,19-20,24,29H2,1-8H3,(H,53,56)(H,57,58)/t30-,44?/m0/s1. The smallest absolute Gasteiger partial charge is 0.425 e. The number of carboxylic acids is 1. The van der Waals surface area contributed by atoms with Gasteiger partial charge in [-0.3, -0.25) is 4.79 Å². The molecule has 1 aliphatic rings. The number of rotatable bonds is 16. The molecule has 0 radical (unpaired) electrons. The first-order valence-corrected chi connectivity index (χ1v) is 23.4. The third-order valence-corrected chi connectivity index (χ3v) is 12.9. The van der Waals surface area contributed by atoms with Crippen LogP contribution in [-0.2, 0) is 41.9 Å². The van der Waals surface area contributed by atoms with Gasteiger partial charge < -0.3 is 30.0 Å². The van der Waals surface area contributed by atoms with Gasteiger partial charge in [0.25, 0.3) is 0 Å². The third-order valence-electron chi connectivity index (χ3n) is 10.5. The number of imide groups is 1. The average Bonchev–Trinajstić information content (AvgIpc) is 4.09. The molecule has 0 spiro atoms. The zero-order valence-electron chi connectivity index (χ0n) is 38.4. The maximum atomic E-state index is 15.6. The Kier molecular flexibility index (Phi) is 14.7. The summed E-state index contributed by atoms with van der Waals surface area (Å²) in [6.45, 7) is 13.7. The molecule has 1 saturated carbocycles. The number of hydrogen-bond acceptors (Lipinski definition) is 11. The van der Waals surface area contributed by atoms with E-state index in [4.69, 9.17) is 14.2 Å². The summed E-state index contributed by atoms with van der Waals surface area (Å²) in [4.78, 5) is 58.6. The summed E-state index contributed by atoms with van der Waals surface area (Å²) in [6.07, 6.45) is 1.15. The van der Waals surface area contributed by atoms with Crippen molar-refractivity contribution in [2.24, 2.45) is 0 Å². The lowest BCUT2D eigenvalue weighted by Crippen LogP contribution is -2.44. The molecule has 3 N–H and O–H groups in total. The lowest BCUT2D eigenvalue weighted by atomic mass is 9.92. The van der Waals surface area contributed by atoms with Crippen LogP contribution in [0.5, 0.6) is 5.75 Å². The number of amides is 3. The highest BCUT2D eigenvalue weighted by atomic mass is 32.2. The number of sulfone groups is 1. The number of aromatic nitrogens is 1. The van der Waals surface area contributed by atoms with E-state index in [0.29, 0.717) is 57.2 Å². The Labute approximate surface area is 384 Å². The fraction of sp³-hybridized carbons (Fsp3) is 0.380. The number of ether oxygens (including phenoxy) is 3. The van der Waals surface area contributed by atoms with Crippen molar-refractivity contribution in [2.75, 3.05) is 15.5 Å². The van der Waals surface area contributed by atoms with E-state index in [1.54, 1.807) is 77.9 Å². The number of benzene rings is 4. The van der Waals surface area contributed by atoms with Crippen LogP contribution in [0, 0.1) is 5.82 Å². The number of carboxylic acid groups (broad SMARTS) is 1. The van der Waals surface area contributed by atoms with Gasteiger partial charge in [0.1, 0.15) is 29.4 Å². The number of anilines is 3. The normalized spacial score (nSPS) is 13.9. The predicted octanol–water partition coefficient (Wildman–Crippen LogP) is 10.9. The molecule has 1 aromatic heterocycles. The molecule has 14 nitrogen and oxygen atoms in total. The van der Waals surface area contributed by atoms with E-state index in [-0.39, 0.29) is 46.5 Å². The Morgan fingerprint density at radius 2 is 1.52 bits per heavy atom. The first-order chi connectivity index (χ1) is 31.0. The van der Waals surface area contributed by atoms with Gasteiger partial charge in [0.15, 0.2) is 21.7 Å². The van der Waals surface area contributed by atoms with Crippen molar-refractivity contribution in [3.05, 3.63) is 119 Å². The average molecular weight is 925 g/mol. The summed E-state index contributed by atoms with van der Waals surface area (Å²) in [5.74, 6) is -2.76. The van der Waals surface area contributed by atoms with Gasteiger partial charge in [-0.2, -0.15) is 4.90 Å². The molecule has 5 aromatic rings. The van der Waals surface area contributed by atoms with Crippen molar-refractivity contribution in [3.8, 4) is 5.75 Å². The Morgan fingerprint density at radius 1 is 0.864 bits per heavy atom. The SMILES string of the molecule is CCCc1cc(NC(=O)C[C@H](C)c2cc(C(Nc3ccc4c(N(C(=O)OC(C)(C)C)C(=O)OC(C)(C)C)ncc(F)c4c3)C(=O)O)ccc2OCc2ccccc2)ccc1S(=O)(=O)C1CC1. The number of carbonyl (C=O) groups is 4. The number of hydrogen-bond donors (Lipinski definition) is 3. The molecule has 1 aliphatic carbocycles. The van der Waals surface area contributed by atoms with E-state index in [2.05, 4.69) is 15.6 Å². The van der Waals surface area contributed by atoms with Gasteiger partial charge in [-0.25, -0.2) is 32.2 Å². The number of halogens is 1. The highest BCUT2D eigenvalue weighted by molar-refractivity contribution is 7.92. The Balaban J connectivity index is 1.30. The van der Waals surface area contributed by atoms with Gasteiger partial charge in [-0.1, -0.05) is 56.7 Å². The summed E-state index contributed by atoms with van der Waals surface area (Å²) in [5.41, 5.74) is 1.01. The van der Waals surface area contributed by atoms with E-state index in [0.717, 1.165) is 18.2 Å². The van der Waals surface area contributed by atoms with Gasteiger partial charge >= 0.3 is 18.2 Å². The summed E-state index contributed by atoms with van der Waals surface area (Å²) in [7, 11) is -3.44. The van der Waals surface area contributed by atoms with Crippen LogP contribution in [0.2, 0.25) is 0 Å². The second-order valence-electron chi connectivity index (χ2n) is 18.4. The van der Waals surface area contributed by atoms with E-state index in [1.165, 1.54) is 18.2 Å². The molecule has 0 saturated heterocycles. The third kappa shape index (κ3) is 12.2. The topological polar surface area (TPSA) is 191 Å². The van der Waals surface area contributed by atoms with Crippen molar-refractivity contribution in [2.45, 2.75) is 127 Å². The van der Waals surface area contributed by atoms with Crippen molar-refractivity contribution in [1.82, 2.24) is 4.98 Å². The highest BCUT2D eigenvalue weighted by Gasteiger charge is 2.38. The number of aliphatic carboxylic acids is 1. The molecule has 6 rings (SSSR count). The molecule has 1 heterocycles. The number of fused-ring (bicyclic) bond motifs is 1. The van der Waals surface area contributed by atoms with Crippen molar-refractivity contribution in [1.29, 1.82) is 0 Å². The summed E-state index contributed by atoms with van der Waals surface area (Å²) in [5, 5.41) is 16.1. The number of carbonyl (C=O) groups excluding carboxylic acids is 3. The maximum Gasteiger partial charge on any atom is 0.425 e. The largest absolute Gasteiger partial charge is 0.489 e. The minimum atomic E-state index is -3.44. The molecular weight excluding hydrogens is 868 g/mol. The van der Waals surface area contributed by atoms with Gasteiger partial charge in [-0.05, 0) is 138 Å². The summed E-state index contributed by atoms with van der Waals surface area (Å²) < 4.78 is 59.2. The Bertz CT molecular complexity index is 2700. The molecule has 2 atom stereocenters. The van der Waals surface area contributed by atoms with Crippen LogP contribution in [-0.4, -0.2) is 59.0 Å². The van der Waals surface area contributed by atoms with E-state index < -0.39 is 57.0 Å². The second kappa shape index (κ2) is 19.9. The molecule has 350 valence electrons. The molecule has 0 bridgehead atoms. The zero-order chi connectivity index (χ0) is 48.1. The lowest BCUT2D eigenvalue weighted by molar-refractivity contribution is -0.138. The molecular formula is C50H57FN4O10S. The first-order valence-electron chi connectivity index (χ1n) is 21.9. The van der Waals surface area contributed by atoms with Crippen LogP contribution in [0.3, 0.4) is 0 Å². The monoisotopic (exact) mass is 924 g/mol. The second-order valence-corrected chi connectivity index (χ2v) is 20.6. The van der Waals surface area contributed by atoms with Gasteiger partial charge in [-0.15, -0.1) is 0 Å². The van der Waals surface area contributed by atoms with E-state index in [1.807, 2.05) is 44.2 Å². The highest BCUT2D eigenvalue weighted by Crippen LogP contribution is 2.38. The Hall–Kier alpha value is -6.55. The minimum Gasteiger partial charge on any atom is -0.489 e. The van der Waals surface area contributed by atoms with Crippen molar-refractivity contribution >= 4 is 61.9 Å². The molecule has 16 heteroatoms. The quantitative estimate of drug-likeness (QED) is 0.0850. The molecule has 3 amide bonds. The van der Waals surface area contributed by atoms with E-state index in [9.17, 15) is 32.7 Å². The summed E-state index contributed by atoms with van der Waals surface area (Å²) in [6, 6.07) is 22.1. The molecule has 1 unspecified atom stereocenters. The first kappa shape index (κ1) is 48.9. The summed E-state index contributed by atoms with van der Waals surface area (Å²) >= 11 is 0. The fourth-order valence-electron chi connectivity index (χ4n) is 7.33. The van der Waals surface area contributed by atoms with Crippen LogP contribution in [0.15, 0.2) is 96.0 Å². The van der Waals surface area contributed by atoms with Crippen LogP contribution in [0.4, 0.5) is 31.2 Å². The lowest BCUT2D eigenvalue weighted by Gasteiger charge is -2.28. The van der Waals surface area contributed by atoms with Crippen LogP contribution in [0.1, 0.15) is 115 Å². The van der Waals surface area contributed by atoms with Crippen LogP contribution < -0.4 is 20.3 Å². The Morgan fingerprint density at radius 3 is 2.12 bits per heavy atom. The fourth-order valence-corrected chi connectivity index (χ4v) is 9.23. The van der Waals surface area contributed by atoms with E-state index >= 15 is 4.39 Å². The molecule has 0 aliphatic heterocycles. The van der Waals surface area contributed by atoms with Crippen LogP contribution in [0.25, 0.3) is 10.8 Å². The van der Waals surface area contributed by atoms with Crippen molar-refractivity contribution < 1.29 is 51.3 Å².